The van der Waals surface area contributed by atoms with Crippen LogP contribution in [0.5, 0.6) is 0 Å². The second-order valence-corrected chi connectivity index (χ2v) is 5.39. The van der Waals surface area contributed by atoms with E-state index in [1.807, 2.05) is 91.9 Å². The molecule has 0 radical (unpaired) electrons. The molecule has 3 aromatic carbocycles. The Bertz CT molecular complexity index is 809. The number of benzene rings is 3. The molecule has 0 spiro atoms. The van der Waals surface area contributed by atoms with Gasteiger partial charge >= 0.3 is 0 Å². The van der Waals surface area contributed by atoms with E-state index in [9.17, 15) is 0 Å². The molecule has 4 heteroatoms. The first kappa shape index (κ1) is 15.7. The Kier molecular flexibility index (Phi) is 5.20. The van der Waals surface area contributed by atoms with Gasteiger partial charge < -0.3 is 0 Å². The highest BCUT2D eigenvalue weighted by atomic mass is 15.3. The summed E-state index contributed by atoms with van der Waals surface area (Å²) in [6.45, 7) is 2.04. The smallest absolute Gasteiger partial charge is 0.154 e. The van der Waals surface area contributed by atoms with Crippen LogP contribution >= 0.6 is 0 Å². The number of azo groups is 2. The maximum Gasteiger partial charge on any atom is 0.206 e. The quantitative estimate of drug-likeness (QED) is 0.479. The number of hydrogen-bond acceptors (Lipinski definition) is 4. The Labute approximate surface area is 141 Å². The van der Waals surface area contributed by atoms with Crippen LogP contribution in [0.1, 0.15) is 17.3 Å². The van der Waals surface area contributed by atoms with Gasteiger partial charge in [-0.15, -0.1) is 0 Å². The van der Waals surface area contributed by atoms with Gasteiger partial charge in [-0.1, -0.05) is 66.2 Å². The molecular formula is C20H18N4. The van der Waals surface area contributed by atoms with Crippen LogP contribution < -0.4 is 0 Å². The molecule has 1 atom stereocenters. The van der Waals surface area contributed by atoms with E-state index in [1.54, 1.807) is 0 Å². The standard InChI is InChI=1S/C20H18N4/c1-16-12-14-19(15-13-16)22-24-20(17-8-4-2-5-9-17)23-21-18-10-6-3-7-11-18/h2-15,20H,1H3. The minimum absolute atomic E-state index is 0.465. The lowest BCUT2D eigenvalue weighted by molar-refractivity contribution is 0.689. The molecule has 1 unspecified atom stereocenters. The van der Waals surface area contributed by atoms with Crippen molar-refractivity contribution in [2.45, 2.75) is 13.1 Å². The van der Waals surface area contributed by atoms with Crippen LogP contribution in [0.2, 0.25) is 0 Å². The van der Waals surface area contributed by atoms with Crippen molar-refractivity contribution in [2.24, 2.45) is 20.5 Å². The van der Waals surface area contributed by atoms with E-state index in [4.69, 9.17) is 0 Å². The summed E-state index contributed by atoms with van der Waals surface area (Å²) >= 11 is 0. The van der Waals surface area contributed by atoms with Gasteiger partial charge in [0.15, 0.2) is 0 Å². The van der Waals surface area contributed by atoms with Gasteiger partial charge in [0.1, 0.15) is 0 Å². The monoisotopic (exact) mass is 314 g/mol. The van der Waals surface area contributed by atoms with Crippen molar-refractivity contribution >= 4 is 11.4 Å². The molecule has 0 saturated heterocycles. The van der Waals surface area contributed by atoms with Crippen LogP contribution in [-0.4, -0.2) is 0 Å². The molecule has 24 heavy (non-hydrogen) atoms. The topological polar surface area (TPSA) is 49.4 Å². The fraction of sp³-hybridized carbons (Fsp3) is 0.100. The maximum atomic E-state index is 4.37. The Hall–Kier alpha value is -3.14. The number of hydrogen-bond donors (Lipinski definition) is 0. The lowest BCUT2D eigenvalue weighted by Crippen LogP contribution is -1.89. The Morgan fingerprint density at radius 2 is 1.08 bits per heavy atom. The number of nitrogens with zero attached hydrogens (tertiary/aromatic N) is 4. The first-order chi connectivity index (χ1) is 11.8. The fourth-order valence-corrected chi connectivity index (χ4v) is 2.13. The minimum Gasteiger partial charge on any atom is -0.154 e. The highest BCUT2D eigenvalue weighted by Crippen LogP contribution is 2.24. The lowest BCUT2D eigenvalue weighted by atomic mass is 10.2. The van der Waals surface area contributed by atoms with E-state index in [-0.39, 0.29) is 0 Å². The Balaban J connectivity index is 1.85. The zero-order valence-corrected chi connectivity index (χ0v) is 13.4. The molecule has 0 saturated carbocycles. The fourth-order valence-electron chi connectivity index (χ4n) is 2.13. The highest BCUT2D eigenvalue weighted by molar-refractivity contribution is 5.38. The summed E-state index contributed by atoms with van der Waals surface area (Å²) in [5.74, 6) is 0. The average molecular weight is 314 g/mol. The summed E-state index contributed by atoms with van der Waals surface area (Å²) < 4.78 is 0. The van der Waals surface area contributed by atoms with Crippen molar-refractivity contribution in [1.82, 2.24) is 0 Å². The summed E-state index contributed by atoms with van der Waals surface area (Å²) in [4.78, 5) is 0. The normalized spacial score (nSPS) is 12.7. The predicted molar refractivity (Wildman–Crippen MR) is 95.8 cm³/mol. The molecule has 0 aliphatic heterocycles. The van der Waals surface area contributed by atoms with Gasteiger partial charge in [0.05, 0.1) is 11.4 Å². The molecule has 0 fully saturated rings. The van der Waals surface area contributed by atoms with Crippen molar-refractivity contribution in [1.29, 1.82) is 0 Å². The second kappa shape index (κ2) is 7.92. The number of aryl methyl sites for hydroxylation is 1. The molecule has 0 aromatic heterocycles. The average Bonchev–Trinajstić information content (AvgIpc) is 2.65. The summed E-state index contributed by atoms with van der Waals surface area (Å²) in [7, 11) is 0. The van der Waals surface area contributed by atoms with Crippen LogP contribution in [0.25, 0.3) is 0 Å². The largest absolute Gasteiger partial charge is 0.206 e. The molecular weight excluding hydrogens is 296 g/mol. The van der Waals surface area contributed by atoms with E-state index < -0.39 is 6.17 Å². The second-order valence-electron chi connectivity index (χ2n) is 5.39. The van der Waals surface area contributed by atoms with E-state index in [0.717, 1.165) is 16.9 Å². The van der Waals surface area contributed by atoms with Gasteiger partial charge in [0.2, 0.25) is 6.17 Å². The van der Waals surface area contributed by atoms with E-state index in [0.29, 0.717) is 0 Å². The highest BCUT2D eigenvalue weighted by Gasteiger charge is 2.08. The third-order valence-corrected chi connectivity index (χ3v) is 3.45. The van der Waals surface area contributed by atoms with E-state index >= 15 is 0 Å². The van der Waals surface area contributed by atoms with Crippen molar-refractivity contribution in [3.8, 4) is 0 Å². The van der Waals surface area contributed by atoms with Crippen LogP contribution in [0, 0.1) is 6.92 Å². The SMILES string of the molecule is Cc1ccc(N=NC(N=Nc2ccccc2)c2ccccc2)cc1. The third-order valence-electron chi connectivity index (χ3n) is 3.45. The summed E-state index contributed by atoms with van der Waals surface area (Å²) in [5.41, 5.74) is 3.74. The van der Waals surface area contributed by atoms with Crippen LogP contribution in [0.3, 0.4) is 0 Å². The predicted octanol–water partition coefficient (Wildman–Crippen LogP) is 6.56. The van der Waals surface area contributed by atoms with E-state index in [2.05, 4.69) is 20.5 Å². The molecule has 118 valence electrons. The van der Waals surface area contributed by atoms with Crippen LogP contribution in [0.4, 0.5) is 11.4 Å². The Morgan fingerprint density at radius 3 is 1.67 bits per heavy atom. The molecule has 0 bridgehead atoms. The number of rotatable bonds is 5. The third kappa shape index (κ3) is 4.43. The molecule has 4 nitrogen and oxygen atoms in total. The van der Waals surface area contributed by atoms with Gasteiger partial charge in [0.25, 0.3) is 0 Å². The van der Waals surface area contributed by atoms with Gasteiger partial charge in [-0.2, -0.15) is 20.5 Å². The molecule has 0 aliphatic rings. The molecule has 3 aromatic rings. The summed E-state index contributed by atoms with van der Waals surface area (Å²) in [6, 6.07) is 27.4. The first-order valence-electron chi connectivity index (χ1n) is 7.80. The van der Waals surface area contributed by atoms with Gasteiger partial charge in [-0.05, 0) is 31.2 Å². The molecule has 3 rings (SSSR count). The van der Waals surface area contributed by atoms with Crippen molar-refractivity contribution in [2.75, 3.05) is 0 Å². The van der Waals surface area contributed by atoms with Gasteiger partial charge in [0, 0.05) is 5.56 Å². The minimum atomic E-state index is -0.465. The van der Waals surface area contributed by atoms with Crippen LogP contribution in [0.15, 0.2) is 105 Å². The van der Waals surface area contributed by atoms with E-state index in [1.165, 1.54) is 5.56 Å². The van der Waals surface area contributed by atoms with Crippen LogP contribution in [-0.2, 0) is 0 Å². The van der Waals surface area contributed by atoms with Crippen molar-refractivity contribution in [3.05, 3.63) is 96.1 Å². The lowest BCUT2D eigenvalue weighted by Gasteiger charge is -2.05. The summed E-state index contributed by atoms with van der Waals surface area (Å²) in [6.07, 6.45) is -0.465. The molecule has 0 heterocycles. The van der Waals surface area contributed by atoms with Gasteiger partial charge in [-0.3, -0.25) is 0 Å². The first-order valence-corrected chi connectivity index (χ1v) is 7.80. The van der Waals surface area contributed by atoms with Gasteiger partial charge in [-0.25, -0.2) is 0 Å². The van der Waals surface area contributed by atoms with Crippen molar-refractivity contribution in [3.63, 3.8) is 0 Å². The molecule has 0 amide bonds. The zero-order valence-electron chi connectivity index (χ0n) is 13.4. The molecule has 0 aliphatic carbocycles. The Morgan fingerprint density at radius 1 is 0.583 bits per heavy atom. The summed E-state index contributed by atoms with van der Waals surface area (Å²) in [5, 5.41) is 17.3. The van der Waals surface area contributed by atoms with Crippen molar-refractivity contribution < 1.29 is 0 Å². The maximum absolute atomic E-state index is 4.37. The molecule has 0 N–H and O–H groups in total. The zero-order chi connectivity index (χ0) is 16.6.